The van der Waals surface area contributed by atoms with Crippen LogP contribution in [0.1, 0.15) is 39.3 Å². The van der Waals surface area contributed by atoms with Gasteiger partial charge < -0.3 is 14.0 Å². The van der Waals surface area contributed by atoms with Crippen molar-refractivity contribution in [3.8, 4) is 11.5 Å². The predicted octanol–water partition coefficient (Wildman–Crippen LogP) is 2.57. The molecule has 1 N–H and O–H groups in total. The van der Waals surface area contributed by atoms with E-state index >= 15 is 0 Å². The van der Waals surface area contributed by atoms with Gasteiger partial charge in [0.25, 0.3) is 0 Å². The van der Waals surface area contributed by atoms with Crippen LogP contribution in [0.15, 0.2) is 18.2 Å². The first kappa shape index (κ1) is 14.5. The molecule has 2 atom stereocenters. The van der Waals surface area contributed by atoms with Crippen LogP contribution in [-0.4, -0.2) is 22.5 Å². The number of fused-ring (bicyclic) bond motifs is 1. The molecule has 0 amide bonds. The summed E-state index contributed by atoms with van der Waals surface area (Å²) in [5.74, 6) is 1.53. The van der Waals surface area contributed by atoms with Crippen molar-refractivity contribution < 1.29 is 14.0 Å². The second-order valence-electron chi connectivity index (χ2n) is 5.59. The molecule has 0 radical (unpaired) electrons. The van der Waals surface area contributed by atoms with E-state index in [4.69, 9.17) is 9.47 Å². The zero-order valence-electron chi connectivity index (χ0n) is 11.9. The summed E-state index contributed by atoms with van der Waals surface area (Å²) in [6.07, 6.45) is 0. The molecule has 1 aliphatic heterocycles. The van der Waals surface area contributed by atoms with Crippen LogP contribution in [0.2, 0.25) is 0 Å². The lowest BCUT2D eigenvalue weighted by Crippen LogP contribution is -2.40. The van der Waals surface area contributed by atoms with E-state index in [1.165, 1.54) is 0 Å². The zero-order valence-corrected chi connectivity index (χ0v) is 12.7. The summed E-state index contributed by atoms with van der Waals surface area (Å²) in [6, 6.07) is 5.74. The van der Waals surface area contributed by atoms with Gasteiger partial charge in [-0.15, -0.1) is 4.72 Å². The Labute approximate surface area is 117 Å². The van der Waals surface area contributed by atoms with E-state index in [9.17, 15) is 4.55 Å². The van der Waals surface area contributed by atoms with Gasteiger partial charge in [-0.3, -0.25) is 0 Å². The van der Waals surface area contributed by atoms with Crippen molar-refractivity contribution in [1.29, 1.82) is 0 Å². The smallest absolute Gasteiger partial charge is 0.166 e. The largest absolute Gasteiger partial charge is 0.598 e. The summed E-state index contributed by atoms with van der Waals surface area (Å²) < 4.78 is 26.2. The van der Waals surface area contributed by atoms with Crippen molar-refractivity contribution in [1.82, 2.24) is 4.72 Å². The Morgan fingerprint density at radius 3 is 2.63 bits per heavy atom. The Morgan fingerprint density at radius 2 is 1.95 bits per heavy atom. The summed E-state index contributed by atoms with van der Waals surface area (Å²) in [4.78, 5) is 0. The fourth-order valence-corrected chi connectivity index (χ4v) is 2.64. The minimum atomic E-state index is -1.12. The topological polar surface area (TPSA) is 53.5 Å². The molecule has 0 unspecified atom stereocenters. The SMILES string of the molecule is C[C@H](N[S@@+]([O-])C(C)(C)C)c1cccc2c1OCCO2. The molecule has 2 rings (SSSR count). The average Bonchev–Trinajstić information content (AvgIpc) is 2.36. The second kappa shape index (κ2) is 5.61. The molecule has 1 aromatic rings. The molecule has 106 valence electrons. The normalized spacial score (nSPS) is 17.9. The first-order valence-electron chi connectivity index (χ1n) is 6.46. The van der Waals surface area contributed by atoms with Crippen molar-refractivity contribution in [2.24, 2.45) is 0 Å². The first-order valence-corrected chi connectivity index (χ1v) is 7.61. The third-order valence-corrected chi connectivity index (χ3v) is 4.58. The quantitative estimate of drug-likeness (QED) is 0.866. The number of rotatable bonds is 3. The average molecular weight is 283 g/mol. The fourth-order valence-electron chi connectivity index (χ4n) is 1.84. The van der Waals surface area contributed by atoms with Crippen molar-refractivity contribution >= 4 is 11.4 Å². The summed E-state index contributed by atoms with van der Waals surface area (Å²) in [5.41, 5.74) is 0.981. The third kappa shape index (κ3) is 3.35. The van der Waals surface area contributed by atoms with E-state index in [0.29, 0.717) is 13.2 Å². The highest BCUT2D eigenvalue weighted by atomic mass is 32.2. The molecule has 1 aromatic carbocycles. The number of hydrogen-bond acceptors (Lipinski definition) is 4. The van der Waals surface area contributed by atoms with Gasteiger partial charge in [0.05, 0.1) is 6.04 Å². The Hall–Kier alpha value is -0.910. The summed E-state index contributed by atoms with van der Waals surface area (Å²) >= 11 is -1.12. The van der Waals surface area contributed by atoms with Gasteiger partial charge in [0.15, 0.2) is 11.5 Å². The number of nitrogens with one attached hydrogen (secondary N) is 1. The van der Waals surface area contributed by atoms with E-state index in [1.807, 2.05) is 45.9 Å². The molecule has 19 heavy (non-hydrogen) atoms. The lowest BCUT2D eigenvalue weighted by Gasteiger charge is -2.28. The monoisotopic (exact) mass is 283 g/mol. The summed E-state index contributed by atoms with van der Waals surface area (Å²) in [5, 5.41) is 0. The highest BCUT2D eigenvalue weighted by Crippen LogP contribution is 2.37. The Morgan fingerprint density at radius 1 is 1.26 bits per heavy atom. The Bertz CT molecular complexity index is 445. The molecule has 0 bridgehead atoms. The molecule has 0 spiro atoms. The van der Waals surface area contributed by atoms with E-state index in [2.05, 4.69) is 4.72 Å². The first-order chi connectivity index (χ1) is 8.89. The maximum Gasteiger partial charge on any atom is 0.166 e. The van der Waals surface area contributed by atoms with Crippen LogP contribution in [0.4, 0.5) is 0 Å². The van der Waals surface area contributed by atoms with Crippen LogP contribution in [0.5, 0.6) is 11.5 Å². The highest BCUT2D eigenvalue weighted by molar-refractivity contribution is 7.90. The van der Waals surface area contributed by atoms with E-state index in [1.54, 1.807) is 0 Å². The van der Waals surface area contributed by atoms with Crippen LogP contribution < -0.4 is 14.2 Å². The van der Waals surface area contributed by atoms with Crippen LogP contribution in [0.3, 0.4) is 0 Å². The van der Waals surface area contributed by atoms with Gasteiger partial charge in [-0.05, 0) is 33.8 Å². The van der Waals surface area contributed by atoms with Crippen molar-refractivity contribution in [2.45, 2.75) is 38.5 Å². The van der Waals surface area contributed by atoms with Crippen molar-refractivity contribution in [3.05, 3.63) is 23.8 Å². The van der Waals surface area contributed by atoms with Crippen LogP contribution >= 0.6 is 0 Å². The lowest BCUT2D eigenvalue weighted by atomic mass is 10.1. The Kier molecular flexibility index (Phi) is 4.28. The van der Waals surface area contributed by atoms with Gasteiger partial charge in [0.2, 0.25) is 0 Å². The van der Waals surface area contributed by atoms with Gasteiger partial charge in [-0.2, -0.15) is 0 Å². The van der Waals surface area contributed by atoms with Crippen LogP contribution in [0, 0.1) is 0 Å². The number of benzene rings is 1. The molecule has 0 aliphatic carbocycles. The second-order valence-corrected chi connectivity index (χ2v) is 7.59. The fraction of sp³-hybridized carbons (Fsp3) is 0.571. The van der Waals surface area contributed by atoms with Gasteiger partial charge in [0.1, 0.15) is 18.0 Å². The molecule has 0 saturated carbocycles. The minimum absolute atomic E-state index is 0.0586. The number of para-hydroxylation sites is 1. The van der Waals surface area contributed by atoms with E-state index in [0.717, 1.165) is 17.1 Å². The van der Waals surface area contributed by atoms with Gasteiger partial charge >= 0.3 is 0 Å². The summed E-state index contributed by atoms with van der Waals surface area (Å²) in [6.45, 7) is 8.96. The molecule has 1 aliphatic rings. The zero-order chi connectivity index (χ0) is 14.0. The molecule has 4 nitrogen and oxygen atoms in total. The number of ether oxygens (including phenoxy) is 2. The molecule has 1 heterocycles. The van der Waals surface area contributed by atoms with Gasteiger partial charge in [-0.1, -0.05) is 12.1 Å². The molecular formula is C14H21NO3S. The highest BCUT2D eigenvalue weighted by Gasteiger charge is 2.30. The van der Waals surface area contributed by atoms with Crippen LogP contribution in [0.25, 0.3) is 0 Å². The van der Waals surface area contributed by atoms with E-state index in [-0.39, 0.29) is 10.8 Å². The standard InChI is InChI=1S/C14H21NO3S/c1-10(15-19(16)14(2,3)4)11-6-5-7-12-13(11)18-9-8-17-12/h5-7,10,15H,8-9H2,1-4H3/t10-,19-/m0/s1. The van der Waals surface area contributed by atoms with Crippen molar-refractivity contribution in [3.63, 3.8) is 0 Å². The molecule has 5 heteroatoms. The van der Waals surface area contributed by atoms with Crippen LogP contribution in [-0.2, 0) is 11.4 Å². The molecule has 0 aromatic heterocycles. The minimum Gasteiger partial charge on any atom is -0.598 e. The van der Waals surface area contributed by atoms with Gasteiger partial charge in [0, 0.05) is 16.9 Å². The molecule has 0 fully saturated rings. The maximum absolute atomic E-state index is 12.1. The van der Waals surface area contributed by atoms with Crippen molar-refractivity contribution in [2.75, 3.05) is 13.2 Å². The summed E-state index contributed by atoms with van der Waals surface area (Å²) in [7, 11) is 0. The predicted molar refractivity (Wildman–Crippen MR) is 76.9 cm³/mol. The van der Waals surface area contributed by atoms with Gasteiger partial charge in [-0.25, -0.2) is 0 Å². The number of hydrogen-bond donors (Lipinski definition) is 1. The lowest BCUT2D eigenvalue weighted by molar-refractivity contribution is 0.169. The van der Waals surface area contributed by atoms with E-state index < -0.39 is 11.4 Å². The molecular weight excluding hydrogens is 262 g/mol. The Balaban J connectivity index is 2.18. The third-order valence-electron chi connectivity index (χ3n) is 2.90. The molecule has 0 saturated heterocycles. The maximum atomic E-state index is 12.1.